The number of anilines is 1. The van der Waals surface area contributed by atoms with Gasteiger partial charge in [-0.1, -0.05) is 53.1 Å². The highest BCUT2D eigenvalue weighted by atomic mass is 35.5. The molecule has 5 rings (SSSR count). The van der Waals surface area contributed by atoms with E-state index in [2.05, 4.69) is 9.97 Å². The van der Waals surface area contributed by atoms with Crippen molar-refractivity contribution in [2.75, 3.05) is 11.4 Å². The summed E-state index contributed by atoms with van der Waals surface area (Å²) in [6.07, 6.45) is 5.20. The quantitative estimate of drug-likeness (QED) is 0.293. The maximum absolute atomic E-state index is 14.1. The molecule has 1 fully saturated rings. The maximum atomic E-state index is 14.1. The highest BCUT2D eigenvalue weighted by Crippen LogP contribution is 2.36. The Morgan fingerprint density at radius 3 is 2.69 bits per heavy atom. The lowest BCUT2D eigenvalue weighted by atomic mass is 10.0. The summed E-state index contributed by atoms with van der Waals surface area (Å²) in [5.41, 5.74) is 1.42. The van der Waals surface area contributed by atoms with E-state index in [1.165, 1.54) is 21.7 Å². The van der Waals surface area contributed by atoms with Crippen LogP contribution in [-0.2, 0) is 21.4 Å². The van der Waals surface area contributed by atoms with Crippen LogP contribution in [-0.4, -0.2) is 41.2 Å². The molecule has 0 N–H and O–H groups in total. The number of fused-ring (bicyclic) bond motifs is 1. The van der Waals surface area contributed by atoms with Crippen LogP contribution >= 0.6 is 45.9 Å². The molecule has 0 saturated carbocycles. The molecular weight excluding hydrogens is 547 g/mol. The number of halogens is 2. The number of sulfonamides is 1. The number of aromatic nitrogens is 2. The third-order valence-corrected chi connectivity index (χ3v) is 10.7. The van der Waals surface area contributed by atoms with E-state index in [9.17, 15) is 13.2 Å². The number of thiazole rings is 1. The van der Waals surface area contributed by atoms with Gasteiger partial charge in [-0.3, -0.25) is 14.7 Å². The number of carbonyl (C=O) groups is 1. The number of hydrogen-bond acceptors (Lipinski definition) is 7. The molecular formula is C23H20Cl2N4O3S3. The van der Waals surface area contributed by atoms with Gasteiger partial charge < -0.3 is 0 Å². The van der Waals surface area contributed by atoms with Crippen molar-refractivity contribution in [3.63, 3.8) is 0 Å². The van der Waals surface area contributed by atoms with Crippen LogP contribution in [0.2, 0.25) is 9.36 Å². The highest BCUT2D eigenvalue weighted by Gasteiger charge is 2.41. The first-order valence-electron chi connectivity index (χ1n) is 10.9. The van der Waals surface area contributed by atoms with Crippen molar-refractivity contribution < 1.29 is 13.2 Å². The zero-order chi connectivity index (χ0) is 24.6. The molecule has 3 aromatic heterocycles. The van der Waals surface area contributed by atoms with E-state index in [1.54, 1.807) is 35.5 Å². The van der Waals surface area contributed by atoms with Crippen LogP contribution in [0, 0.1) is 0 Å². The predicted octanol–water partition coefficient (Wildman–Crippen LogP) is 5.84. The zero-order valence-electron chi connectivity index (χ0n) is 18.3. The van der Waals surface area contributed by atoms with Gasteiger partial charge in [-0.15, -0.1) is 11.3 Å². The summed E-state index contributed by atoms with van der Waals surface area (Å²) >= 11 is 14.7. The van der Waals surface area contributed by atoms with Crippen molar-refractivity contribution in [3.05, 3.63) is 69.8 Å². The summed E-state index contributed by atoms with van der Waals surface area (Å²) < 4.78 is 29.6. The topological polar surface area (TPSA) is 83.5 Å². The Balaban J connectivity index is 1.55. The molecule has 1 saturated heterocycles. The monoisotopic (exact) mass is 566 g/mol. The molecule has 7 nitrogen and oxygen atoms in total. The van der Waals surface area contributed by atoms with E-state index in [0.29, 0.717) is 32.8 Å². The average molecular weight is 568 g/mol. The van der Waals surface area contributed by atoms with E-state index in [-0.39, 0.29) is 23.2 Å². The number of benzene rings is 1. The number of para-hydroxylation sites is 1. The second-order valence-electron chi connectivity index (χ2n) is 8.05. The molecule has 1 aromatic carbocycles. The molecule has 182 valence electrons. The van der Waals surface area contributed by atoms with Crippen LogP contribution in [0.4, 0.5) is 5.13 Å². The molecule has 4 heterocycles. The minimum atomic E-state index is -3.89. The van der Waals surface area contributed by atoms with Gasteiger partial charge in [-0.25, -0.2) is 13.4 Å². The van der Waals surface area contributed by atoms with Gasteiger partial charge in [0, 0.05) is 18.9 Å². The van der Waals surface area contributed by atoms with Gasteiger partial charge in [0.15, 0.2) is 5.13 Å². The van der Waals surface area contributed by atoms with Crippen molar-refractivity contribution in [3.8, 4) is 0 Å². The number of piperidine rings is 1. The fraction of sp³-hybridized carbons (Fsp3) is 0.261. The van der Waals surface area contributed by atoms with Gasteiger partial charge in [0.05, 0.1) is 20.6 Å². The first kappa shape index (κ1) is 24.6. The van der Waals surface area contributed by atoms with E-state index in [0.717, 1.165) is 28.0 Å². The number of nitrogens with zero attached hydrogens (tertiary/aromatic N) is 4. The molecule has 1 aliphatic heterocycles. The SMILES string of the molecule is O=C(C1CCCCN1S(=O)(=O)c1ccc(Cl)s1)N(Cc1cccnc1)c1nc2c(Cl)cccc2s1. The number of carbonyl (C=O) groups excluding carboxylic acids is 1. The summed E-state index contributed by atoms with van der Waals surface area (Å²) in [5.74, 6) is -0.324. The van der Waals surface area contributed by atoms with Crippen molar-refractivity contribution >= 4 is 77.2 Å². The fourth-order valence-electron chi connectivity index (χ4n) is 4.10. The van der Waals surface area contributed by atoms with Crippen molar-refractivity contribution in [1.82, 2.24) is 14.3 Å². The minimum Gasteiger partial charge on any atom is -0.282 e. The number of pyridine rings is 1. The van der Waals surface area contributed by atoms with Crippen LogP contribution in [0.25, 0.3) is 10.2 Å². The maximum Gasteiger partial charge on any atom is 0.253 e. The fourth-order valence-corrected chi connectivity index (χ4v) is 8.64. The number of rotatable bonds is 6. The predicted molar refractivity (Wildman–Crippen MR) is 141 cm³/mol. The first-order valence-corrected chi connectivity index (χ1v) is 14.7. The third-order valence-electron chi connectivity index (χ3n) is 5.77. The first-order chi connectivity index (χ1) is 16.8. The molecule has 35 heavy (non-hydrogen) atoms. The molecule has 1 amide bonds. The Hall–Kier alpha value is -2.08. The summed E-state index contributed by atoms with van der Waals surface area (Å²) in [5, 5.41) is 0.958. The minimum absolute atomic E-state index is 0.132. The molecule has 0 bridgehead atoms. The highest BCUT2D eigenvalue weighted by molar-refractivity contribution is 7.91. The molecule has 0 spiro atoms. The second kappa shape index (κ2) is 10.1. The van der Waals surface area contributed by atoms with E-state index >= 15 is 0 Å². The van der Waals surface area contributed by atoms with Gasteiger partial charge in [0.1, 0.15) is 15.8 Å². The average Bonchev–Trinajstić information content (AvgIpc) is 3.50. The molecule has 12 heteroatoms. The zero-order valence-corrected chi connectivity index (χ0v) is 22.3. The Kier molecular flexibility index (Phi) is 7.11. The van der Waals surface area contributed by atoms with E-state index < -0.39 is 16.1 Å². The smallest absolute Gasteiger partial charge is 0.253 e. The van der Waals surface area contributed by atoms with Crippen molar-refractivity contribution in [2.45, 2.75) is 36.1 Å². The number of thiophene rings is 1. The lowest BCUT2D eigenvalue weighted by Crippen LogP contribution is -2.52. The van der Waals surface area contributed by atoms with Crippen LogP contribution < -0.4 is 4.90 Å². The van der Waals surface area contributed by atoms with Gasteiger partial charge in [0.25, 0.3) is 10.0 Å². The van der Waals surface area contributed by atoms with Gasteiger partial charge in [-0.05, 0) is 48.7 Å². The Bertz CT molecular complexity index is 1470. The summed E-state index contributed by atoms with van der Waals surface area (Å²) in [7, 11) is -3.89. The molecule has 4 aromatic rings. The van der Waals surface area contributed by atoms with Crippen LogP contribution in [0.3, 0.4) is 0 Å². The molecule has 1 atom stereocenters. The number of hydrogen-bond donors (Lipinski definition) is 0. The van der Waals surface area contributed by atoms with E-state index in [1.807, 2.05) is 18.2 Å². The molecule has 1 unspecified atom stereocenters. The van der Waals surface area contributed by atoms with Gasteiger partial charge in [-0.2, -0.15) is 4.31 Å². The summed E-state index contributed by atoms with van der Waals surface area (Å²) in [6.45, 7) is 0.472. The third kappa shape index (κ3) is 4.96. The summed E-state index contributed by atoms with van der Waals surface area (Å²) in [4.78, 5) is 24.4. The largest absolute Gasteiger partial charge is 0.282 e. The van der Waals surface area contributed by atoms with Gasteiger partial charge >= 0.3 is 0 Å². The Morgan fingerprint density at radius 1 is 1.11 bits per heavy atom. The lowest BCUT2D eigenvalue weighted by Gasteiger charge is -2.35. The standard InChI is InChI=1S/C23H20Cl2N4O3S3/c24-16-6-3-8-18-21(16)27-23(33-18)28(14-15-5-4-11-26-13-15)22(30)17-7-1-2-12-29(17)35(31,32)20-10-9-19(25)34-20/h3-6,8-11,13,17H,1-2,7,12,14H2. The lowest BCUT2D eigenvalue weighted by molar-refractivity contribution is -0.123. The van der Waals surface area contributed by atoms with Crippen LogP contribution in [0.1, 0.15) is 24.8 Å². The van der Waals surface area contributed by atoms with Crippen LogP contribution in [0.15, 0.2) is 59.1 Å². The molecule has 1 aliphatic rings. The van der Waals surface area contributed by atoms with Crippen molar-refractivity contribution in [1.29, 1.82) is 0 Å². The molecule has 0 aliphatic carbocycles. The second-order valence-corrected chi connectivity index (χ2v) is 13.3. The normalized spacial score (nSPS) is 17.0. The van der Waals surface area contributed by atoms with Crippen molar-refractivity contribution in [2.24, 2.45) is 0 Å². The molecule has 0 radical (unpaired) electrons. The van der Waals surface area contributed by atoms with E-state index in [4.69, 9.17) is 23.2 Å². The summed E-state index contributed by atoms with van der Waals surface area (Å²) in [6, 6.07) is 11.3. The Labute approximate surface area is 221 Å². The Morgan fingerprint density at radius 2 is 1.97 bits per heavy atom. The number of amides is 1. The van der Waals surface area contributed by atoms with Gasteiger partial charge in [0.2, 0.25) is 5.91 Å². The van der Waals surface area contributed by atoms with Crippen LogP contribution in [0.5, 0.6) is 0 Å².